The van der Waals surface area contributed by atoms with Crippen LogP contribution in [0.4, 0.5) is 5.69 Å². The fourth-order valence-electron chi connectivity index (χ4n) is 2.04. The van der Waals surface area contributed by atoms with E-state index in [-0.39, 0.29) is 6.04 Å². The Hall–Kier alpha value is -1.19. The van der Waals surface area contributed by atoms with E-state index in [2.05, 4.69) is 40.3 Å². The molecule has 4 heteroatoms. The van der Waals surface area contributed by atoms with E-state index in [1.165, 1.54) is 5.56 Å². The minimum Gasteiger partial charge on any atom is -0.495 e. The van der Waals surface area contributed by atoms with Gasteiger partial charge in [0.25, 0.3) is 0 Å². The number of methoxy groups -OCH3 is 1. The average molecular weight is 355 g/mol. The zero-order chi connectivity index (χ0) is 14.7. The maximum absolute atomic E-state index is 6.12. The summed E-state index contributed by atoms with van der Waals surface area (Å²) in [6.07, 6.45) is 0. The van der Waals surface area contributed by atoms with Crippen molar-refractivity contribution in [2.24, 2.45) is 0 Å². The number of nitrogens with one attached hydrogen (secondary N) is 1. The Bertz CT molecular complexity index is 615. The highest BCUT2D eigenvalue weighted by Crippen LogP contribution is 2.33. The summed E-state index contributed by atoms with van der Waals surface area (Å²) in [5.41, 5.74) is 3.17. The number of hydrogen-bond donors (Lipinski definition) is 1. The van der Waals surface area contributed by atoms with Crippen molar-refractivity contribution in [2.45, 2.75) is 19.9 Å². The summed E-state index contributed by atoms with van der Waals surface area (Å²) < 4.78 is 6.46. The van der Waals surface area contributed by atoms with Crippen LogP contribution in [0.25, 0.3) is 0 Å². The van der Waals surface area contributed by atoms with Gasteiger partial charge in [-0.15, -0.1) is 0 Å². The molecule has 1 unspecified atom stereocenters. The number of anilines is 1. The van der Waals surface area contributed by atoms with Gasteiger partial charge in [0.1, 0.15) is 5.75 Å². The predicted molar refractivity (Wildman–Crippen MR) is 88.9 cm³/mol. The lowest BCUT2D eigenvalue weighted by atomic mass is 10.1. The minimum atomic E-state index is 0.168. The first kappa shape index (κ1) is 15.2. The third-order valence-electron chi connectivity index (χ3n) is 3.20. The lowest BCUT2D eigenvalue weighted by molar-refractivity contribution is 0.416. The van der Waals surface area contributed by atoms with Gasteiger partial charge in [0.15, 0.2) is 0 Å². The Morgan fingerprint density at radius 3 is 2.65 bits per heavy atom. The van der Waals surface area contributed by atoms with Crippen LogP contribution in [0.3, 0.4) is 0 Å². The van der Waals surface area contributed by atoms with E-state index in [0.717, 1.165) is 21.5 Å². The normalized spacial score (nSPS) is 12.1. The van der Waals surface area contributed by atoms with Crippen LogP contribution in [0, 0.1) is 6.92 Å². The molecule has 20 heavy (non-hydrogen) atoms. The lowest BCUT2D eigenvalue weighted by Gasteiger charge is -2.19. The van der Waals surface area contributed by atoms with Crippen molar-refractivity contribution in [3.05, 3.63) is 57.0 Å². The summed E-state index contributed by atoms with van der Waals surface area (Å²) in [7, 11) is 1.65. The van der Waals surface area contributed by atoms with Gasteiger partial charge in [-0.25, -0.2) is 0 Å². The first-order chi connectivity index (χ1) is 9.51. The molecule has 0 aliphatic carbocycles. The van der Waals surface area contributed by atoms with E-state index in [0.29, 0.717) is 5.02 Å². The van der Waals surface area contributed by atoms with Crippen molar-refractivity contribution in [1.82, 2.24) is 0 Å². The summed E-state index contributed by atoms with van der Waals surface area (Å²) in [4.78, 5) is 0. The van der Waals surface area contributed by atoms with Crippen LogP contribution in [-0.4, -0.2) is 7.11 Å². The Balaban J connectivity index is 2.27. The number of hydrogen-bond acceptors (Lipinski definition) is 2. The summed E-state index contributed by atoms with van der Waals surface area (Å²) in [6, 6.07) is 12.3. The fourth-order valence-corrected chi connectivity index (χ4v) is 2.61. The molecular formula is C16H17BrClNO. The summed E-state index contributed by atoms with van der Waals surface area (Å²) in [5, 5.41) is 4.18. The summed E-state index contributed by atoms with van der Waals surface area (Å²) in [5.74, 6) is 0.752. The van der Waals surface area contributed by atoms with Crippen LogP contribution in [0.2, 0.25) is 5.02 Å². The smallest absolute Gasteiger partial charge is 0.143 e. The molecule has 0 fully saturated rings. The van der Waals surface area contributed by atoms with E-state index in [9.17, 15) is 0 Å². The lowest BCUT2D eigenvalue weighted by Crippen LogP contribution is -2.08. The van der Waals surface area contributed by atoms with Crippen LogP contribution in [0.1, 0.15) is 24.1 Å². The zero-order valence-corrected chi connectivity index (χ0v) is 14.0. The molecular weight excluding hydrogens is 338 g/mol. The molecule has 2 rings (SSSR count). The first-order valence-corrected chi connectivity index (χ1v) is 7.54. The summed E-state index contributed by atoms with van der Waals surface area (Å²) >= 11 is 9.62. The second-order valence-corrected chi connectivity index (χ2v) is 6.05. The van der Waals surface area contributed by atoms with Gasteiger partial charge in [0.05, 0.1) is 12.8 Å². The van der Waals surface area contributed by atoms with Gasteiger partial charge in [-0.1, -0.05) is 39.7 Å². The van der Waals surface area contributed by atoms with Gasteiger partial charge < -0.3 is 10.1 Å². The Labute approximate surface area is 133 Å². The largest absolute Gasteiger partial charge is 0.495 e. The monoisotopic (exact) mass is 353 g/mol. The minimum absolute atomic E-state index is 0.168. The highest BCUT2D eigenvalue weighted by molar-refractivity contribution is 9.10. The van der Waals surface area contributed by atoms with Gasteiger partial charge in [-0.2, -0.15) is 0 Å². The summed E-state index contributed by atoms with van der Waals surface area (Å²) in [6.45, 7) is 4.10. The van der Waals surface area contributed by atoms with Gasteiger partial charge in [-0.3, -0.25) is 0 Å². The number of aryl methyl sites for hydroxylation is 1. The third-order valence-corrected chi connectivity index (χ3v) is 4.10. The highest BCUT2D eigenvalue weighted by Gasteiger charge is 2.11. The number of halogens is 2. The standard InChI is InChI=1S/C16H17BrClNO/c1-10-7-15(16(20-3)9-14(10)18)19-11(2)12-5-4-6-13(17)8-12/h4-9,11,19H,1-3H3. The average Bonchev–Trinajstić information content (AvgIpc) is 2.42. The molecule has 0 saturated heterocycles. The van der Waals surface area contributed by atoms with Crippen LogP contribution in [-0.2, 0) is 0 Å². The Morgan fingerprint density at radius 2 is 2.00 bits per heavy atom. The second-order valence-electron chi connectivity index (χ2n) is 4.72. The molecule has 2 aromatic carbocycles. The van der Waals surface area contributed by atoms with Crippen molar-refractivity contribution in [3.8, 4) is 5.75 Å². The first-order valence-electron chi connectivity index (χ1n) is 6.37. The highest BCUT2D eigenvalue weighted by atomic mass is 79.9. The number of ether oxygens (including phenoxy) is 1. The zero-order valence-electron chi connectivity index (χ0n) is 11.7. The van der Waals surface area contributed by atoms with Gasteiger partial charge in [-0.05, 0) is 43.2 Å². The van der Waals surface area contributed by atoms with Crippen molar-refractivity contribution >= 4 is 33.2 Å². The molecule has 0 aliphatic heterocycles. The molecule has 1 N–H and O–H groups in total. The molecule has 1 atom stereocenters. The van der Waals surface area contributed by atoms with Gasteiger partial charge >= 0.3 is 0 Å². The molecule has 0 radical (unpaired) electrons. The topological polar surface area (TPSA) is 21.3 Å². The molecule has 106 valence electrons. The van der Waals surface area contributed by atoms with E-state index in [1.807, 2.05) is 31.2 Å². The molecule has 2 nitrogen and oxygen atoms in total. The van der Waals surface area contributed by atoms with Crippen LogP contribution in [0.15, 0.2) is 40.9 Å². The molecule has 0 heterocycles. The van der Waals surface area contributed by atoms with E-state index in [1.54, 1.807) is 7.11 Å². The third kappa shape index (κ3) is 3.47. The Morgan fingerprint density at radius 1 is 1.25 bits per heavy atom. The van der Waals surface area contributed by atoms with E-state index < -0.39 is 0 Å². The SMILES string of the molecule is COc1cc(Cl)c(C)cc1NC(C)c1cccc(Br)c1. The second kappa shape index (κ2) is 6.51. The predicted octanol–water partition coefficient (Wildman–Crippen LogP) is 5.59. The van der Waals surface area contributed by atoms with Crippen LogP contribution in [0.5, 0.6) is 5.75 Å². The Kier molecular flexibility index (Phi) is 4.95. The van der Waals surface area contributed by atoms with Crippen molar-refractivity contribution < 1.29 is 4.74 Å². The van der Waals surface area contributed by atoms with Crippen molar-refractivity contribution in [1.29, 1.82) is 0 Å². The number of rotatable bonds is 4. The maximum atomic E-state index is 6.12. The van der Waals surface area contributed by atoms with Crippen LogP contribution >= 0.6 is 27.5 Å². The molecule has 0 bridgehead atoms. The van der Waals surface area contributed by atoms with E-state index in [4.69, 9.17) is 16.3 Å². The van der Waals surface area contributed by atoms with Gasteiger partial charge in [0.2, 0.25) is 0 Å². The molecule has 0 aromatic heterocycles. The van der Waals surface area contributed by atoms with Crippen molar-refractivity contribution in [3.63, 3.8) is 0 Å². The molecule has 0 aliphatic rings. The maximum Gasteiger partial charge on any atom is 0.143 e. The number of benzene rings is 2. The fraction of sp³-hybridized carbons (Fsp3) is 0.250. The van der Waals surface area contributed by atoms with Crippen molar-refractivity contribution in [2.75, 3.05) is 12.4 Å². The van der Waals surface area contributed by atoms with Crippen LogP contribution < -0.4 is 10.1 Å². The van der Waals surface area contributed by atoms with E-state index >= 15 is 0 Å². The van der Waals surface area contributed by atoms with Gasteiger partial charge in [0, 0.05) is 21.6 Å². The molecule has 0 saturated carbocycles. The molecule has 0 amide bonds. The quantitative estimate of drug-likeness (QED) is 0.772. The molecule has 0 spiro atoms. The molecule has 2 aromatic rings.